The molecule has 0 radical (unpaired) electrons. The maximum Gasteiger partial charge on any atom is 0.251 e. The average molecular weight is 399 g/mol. The molecule has 0 spiro atoms. The van der Waals surface area contributed by atoms with Gasteiger partial charge in [0.2, 0.25) is 0 Å². The van der Waals surface area contributed by atoms with Crippen LogP contribution in [0.3, 0.4) is 0 Å². The van der Waals surface area contributed by atoms with Gasteiger partial charge in [-0.05, 0) is 86.1 Å². The molecule has 150 valence electrons. The summed E-state index contributed by atoms with van der Waals surface area (Å²) in [6.45, 7) is 7.45. The Kier molecular flexibility index (Phi) is 7.52. The van der Waals surface area contributed by atoms with E-state index in [1.165, 1.54) is 49.0 Å². The van der Waals surface area contributed by atoms with Crippen LogP contribution in [0, 0.1) is 0 Å². The zero-order chi connectivity index (χ0) is 19.9. The maximum atomic E-state index is 12.3. The first-order valence-electron chi connectivity index (χ1n) is 10.5. The minimum absolute atomic E-state index is 0.0654. The van der Waals surface area contributed by atoms with E-state index in [2.05, 4.69) is 42.3 Å². The van der Waals surface area contributed by atoms with E-state index in [9.17, 15) is 4.79 Å². The molecule has 1 N–H and O–H groups in total. The number of halogens is 1. The summed E-state index contributed by atoms with van der Waals surface area (Å²) >= 11 is 5.90. The molecule has 2 aromatic rings. The number of nitrogens with zero attached hydrogens (tertiary/aromatic N) is 1. The predicted octanol–water partition coefficient (Wildman–Crippen LogP) is 5.25. The summed E-state index contributed by atoms with van der Waals surface area (Å²) in [5.74, 6) is -0.0654. The minimum Gasteiger partial charge on any atom is -0.348 e. The topological polar surface area (TPSA) is 32.3 Å². The summed E-state index contributed by atoms with van der Waals surface area (Å²) < 4.78 is 0. The molecular formula is C24H31ClN2O. The summed E-state index contributed by atoms with van der Waals surface area (Å²) in [5, 5.41) is 3.66. The molecule has 0 heterocycles. The monoisotopic (exact) mass is 398 g/mol. The van der Waals surface area contributed by atoms with Crippen molar-refractivity contribution in [3.8, 4) is 0 Å². The first kappa shape index (κ1) is 20.9. The van der Waals surface area contributed by atoms with E-state index < -0.39 is 0 Å². The molecule has 1 aliphatic carbocycles. The number of carbonyl (C=O) groups is 1. The second-order valence-electron chi connectivity index (χ2n) is 7.73. The second kappa shape index (κ2) is 10.1. The number of rotatable bonds is 8. The quantitative estimate of drug-likeness (QED) is 0.658. The van der Waals surface area contributed by atoms with Crippen molar-refractivity contribution in [1.29, 1.82) is 0 Å². The second-order valence-corrected chi connectivity index (χ2v) is 8.16. The van der Waals surface area contributed by atoms with Gasteiger partial charge in [0.15, 0.2) is 0 Å². The molecular weight excluding hydrogens is 368 g/mol. The normalized spacial score (nSPS) is 16.1. The summed E-state index contributed by atoms with van der Waals surface area (Å²) in [6.07, 6.45) is 5.94. The molecule has 1 atom stereocenters. The van der Waals surface area contributed by atoms with Gasteiger partial charge in [-0.15, -0.1) is 0 Å². The van der Waals surface area contributed by atoms with Crippen LogP contribution in [0.1, 0.15) is 60.2 Å². The van der Waals surface area contributed by atoms with Gasteiger partial charge >= 0.3 is 0 Å². The van der Waals surface area contributed by atoms with Gasteiger partial charge in [-0.3, -0.25) is 4.79 Å². The third-order valence-corrected chi connectivity index (χ3v) is 5.82. The van der Waals surface area contributed by atoms with Gasteiger partial charge in [0, 0.05) is 23.2 Å². The molecule has 0 saturated heterocycles. The highest BCUT2D eigenvalue weighted by atomic mass is 35.5. The summed E-state index contributed by atoms with van der Waals surface area (Å²) in [5.41, 5.74) is 4.72. The van der Waals surface area contributed by atoms with E-state index in [4.69, 9.17) is 11.6 Å². The molecule has 2 aromatic carbocycles. The van der Waals surface area contributed by atoms with Crippen LogP contribution < -0.4 is 5.32 Å². The van der Waals surface area contributed by atoms with Gasteiger partial charge in [-0.1, -0.05) is 43.6 Å². The number of benzene rings is 2. The molecule has 0 aromatic heterocycles. The van der Waals surface area contributed by atoms with Crippen molar-refractivity contribution in [3.63, 3.8) is 0 Å². The van der Waals surface area contributed by atoms with Crippen LogP contribution in [-0.4, -0.2) is 29.9 Å². The number of hydrogen-bond acceptors (Lipinski definition) is 2. The third-order valence-electron chi connectivity index (χ3n) is 5.57. The lowest BCUT2D eigenvalue weighted by Crippen LogP contribution is -2.40. The molecule has 1 amide bonds. The van der Waals surface area contributed by atoms with Gasteiger partial charge in [0.25, 0.3) is 5.91 Å². The fourth-order valence-electron chi connectivity index (χ4n) is 4.15. The smallest absolute Gasteiger partial charge is 0.251 e. The van der Waals surface area contributed by atoms with Crippen LogP contribution in [0.2, 0.25) is 5.02 Å². The number of fused-ring (bicyclic) bond motifs is 1. The number of hydrogen-bond donors (Lipinski definition) is 1. The number of nitrogens with one attached hydrogen (secondary N) is 1. The average Bonchev–Trinajstić information content (AvgIpc) is 2.72. The lowest BCUT2D eigenvalue weighted by molar-refractivity contribution is 0.0951. The summed E-state index contributed by atoms with van der Waals surface area (Å²) in [7, 11) is 0. The van der Waals surface area contributed by atoms with Crippen molar-refractivity contribution >= 4 is 17.5 Å². The van der Waals surface area contributed by atoms with Crippen molar-refractivity contribution in [1.82, 2.24) is 10.2 Å². The van der Waals surface area contributed by atoms with E-state index in [0.717, 1.165) is 12.8 Å². The van der Waals surface area contributed by atoms with E-state index in [1.807, 2.05) is 0 Å². The standard InChI is InChI=1S/C24H31ClN2O/c1-3-13-27(14-4-2)23-12-9-19-6-5-18(15-21(19)16-23)17-26-24(28)20-7-10-22(25)11-8-20/h5-8,10-11,15,23H,3-4,9,12-14,16-17H2,1-2H3,(H,26,28)/t23-/m1/s1. The third kappa shape index (κ3) is 5.36. The van der Waals surface area contributed by atoms with Crippen molar-refractivity contribution in [2.24, 2.45) is 0 Å². The predicted molar refractivity (Wildman–Crippen MR) is 117 cm³/mol. The van der Waals surface area contributed by atoms with Crippen LogP contribution in [0.25, 0.3) is 0 Å². The Bertz CT molecular complexity index is 782. The fourth-order valence-corrected chi connectivity index (χ4v) is 4.28. The van der Waals surface area contributed by atoms with Crippen LogP contribution in [0.4, 0.5) is 0 Å². The Labute approximate surface area is 174 Å². The Hall–Kier alpha value is -1.84. The molecule has 0 saturated carbocycles. The fraction of sp³-hybridized carbons (Fsp3) is 0.458. The maximum absolute atomic E-state index is 12.3. The van der Waals surface area contributed by atoms with Gasteiger partial charge in [-0.2, -0.15) is 0 Å². The Morgan fingerprint density at radius 2 is 1.79 bits per heavy atom. The van der Waals surface area contributed by atoms with Gasteiger partial charge < -0.3 is 10.2 Å². The lowest BCUT2D eigenvalue weighted by atomic mass is 9.86. The SMILES string of the molecule is CCCN(CCC)[C@@H]1CCc2ccc(CNC(=O)c3ccc(Cl)cc3)cc2C1. The Morgan fingerprint density at radius 1 is 1.07 bits per heavy atom. The molecule has 4 heteroatoms. The van der Waals surface area contributed by atoms with Crippen molar-refractivity contribution in [3.05, 3.63) is 69.7 Å². The van der Waals surface area contributed by atoms with Gasteiger partial charge in [0.1, 0.15) is 0 Å². The Morgan fingerprint density at radius 3 is 2.46 bits per heavy atom. The minimum atomic E-state index is -0.0654. The van der Waals surface area contributed by atoms with E-state index in [-0.39, 0.29) is 5.91 Å². The molecule has 0 bridgehead atoms. The number of aryl methyl sites for hydroxylation is 1. The largest absolute Gasteiger partial charge is 0.348 e. The summed E-state index contributed by atoms with van der Waals surface area (Å²) in [6, 6.07) is 14.3. The summed E-state index contributed by atoms with van der Waals surface area (Å²) in [4.78, 5) is 15.0. The Balaban J connectivity index is 1.63. The van der Waals surface area contributed by atoms with E-state index >= 15 is 0 Å². The van der Waals surface area contributed by atoms with Crippen LogP contribution in [0.5, 0.6) is 0 Å². The molecule has 0 unspecified atom stereocenters. The van der Waals surface area contributed by atoms with E-state index in [1.54, 1.807) is 24.3 Å². The van der Waals surface area contributed by atoms with Gasteiger partial charge in [0.05, 0.1) is 0 Å². The zero-order valence-corrected chi connectivity index (χ0v) is 17.8. The highest BCUT2D eigenvalue weighted by Gasteiger charge is 2.23. The highest BCUT2D eigenvalue weighted by Crippen LogP contribution is 2.26. The molecule has 0 aliphatic heterocycles. The van der Waals surface area contributed by atoms with Crippen molar-refractivity contribution in [2.75, 3.05) is 13.1 Å². The number of carbonyl (C=O) groups excluding carboxylic acids is 1. The van der Waals surface area contributed by atoms with Crippen LogP contribution in [0.15, 0.2) is 42.5 Å². The number of amides is 1. The first-order valence-corrected chi connectivity index (χ1v) is 10.9. The molecule has 3 nitrogen and oxygen atoms in total. The van der Waals surface area contributed by atoms with E-state index in [0.29, 0.717) is 23.2 Å². The first-order chi connectivity index (χ1) is 13.6. The zero-order valence-electron chi connectivity index (χ0n) is 17.0. The highest BCUT2D eigenvalue weighted by molar-refractivity contribution is 6.30. The molecule has 3 rings (SSSR count). The van der Waals surface area contributed by atoms with Gasteiger partial charge in [-0.25, -0.2) is 0 Å². The lowest BCUT2D eigenvalue weighted by Gasteiger charge is -2.35. The molecule has 1 aliphatic rings. The van der Waals surface area contributed by atoms with Crippen molar-refractivity contribution in [2.45, 2.75) is 58.5 Å². The van der Waals surface area contributed by atoms with Crippen molar-refractivity contribution < 1.29 is 4.79 Å². The molecule has 0 fully saturated rings. The van der Waals surface area contributed by atoms with Crippen LogP contribution in [-0.2, 0) is 19.4 Å². The van der Waals surface area contributed by atoms with Crippen LogP contribution >= 0.6 is 11.6 Å². The molecule has 28 heavy (non-hydrogen) atoms.